The van der Waals surface area contributed by atoms with E-state index >= 15 is 0 Å². The van der Waals surface area contributed by atoms with Crippen LogP contribution in [0.4, 0.5) is 0 Å². The van der Waals surface area contributed by atoms with E-state index in [1.165, 1.54) is 10.6 Å². The molecule has 27 heavy (non-hydrogen) atoms. The predicted octanol–water partition coefficient (Wildman–Crippen LogP) is 4.35. The van der Waals surface area contributed by atoms with E-state index in [1.54, 1.807) is 31.4 Å². The Balaban J connectivity index is 0.000000665. The van der Waals surface area contributed by atoms with Gasteiger partial charge in [-0.05, 0) is 35.9 Å². The van der Waals surface area contributed by atoms with Crippen molar-refractivity contribution in [2.75, 3.05) is 7.11 Å². The number of hydrogen-bond acceptors (Lipinski definition) is 4. The molecule has 3 aromatic rings. The van der Waals surface area contributed by atoms with Crippen molar-refractivity contribution < 1.29 is 36.5 Å². The normalized spacial score (nSPS) is 9.37. The second-order valence-corrected chi connectivity index (χ2v) is 7.93. The summed E-state index contributed by atoms with van der Waals surface area (Å²) in [5, 5.41) is 0.690. The summed E-state index contributed by atoms with van der Waals surface area (Å²) in [6.45, 7) is 4.28. The average Bonchev–Trinajstić information content (AvgIpc) is 2.68. The fourth-order valence-corrected chi connectivity index (χ4v) is 2.43. The predicted molar refractivity (Wildman–Crippen MR) is 108 cm³/mol. The van der Waals surface area contributed by atoms with Gasteiger partial charge in [0.15, 0.2) is 0 Å². The van der Waals surface area contributed by atoms with Crippen LogP contribution in [0.3, 0.4) is 0 Å². The molecule has 0 aliphatic carbocycles. The summed E-state index contributed by atoms with van der Waals surface area (Å²) in [6, 6.07) is 12.1. The van der Waals surface area contributed by atoms with Crippen molar-refractivity contribution in [3.8, 4) is 5.75 Å². The van der Waals surface area contributed by atoms with Crippen molar-refractivity contribution >= 4 is 33.1 Å². The van der Waals surface area contributed by atoms with Gasteiger partial charge in [-0.2, -0.15) is 0 Å². The molecule has 0 unspecified atom stereocenters. The number of aromatic nitrogens is 1. The van der Waals surface area contributed by atoms with Gasteiger partial charge in [0, 0.05) is 5.02 Å². The maximum atomic E-state index is 12.0. The molecule has 0 radical (unpaired) electrons. The molecule has 142 valence electrons. The third-order valence-corrected chi connectivity index (χ3v) is 3.60. The van der Waals surface area contributed by atoms with Crippen molar-refractivity contribution in [3.63, 3.8) is 0 Å². The molecule has 0 N–H and O–H groups in total. The summed E-state index contributed by atoms with van der Waals surface area (Å²) in [6.07, 6.45) is 0. The molecule has 2 aromatic carbocycles. The van der Waals surface area contributed by atoms with Gasteiger partial charge in [0.25, 0.3) is 0 Å². The van der Waals surface area contributed by atoms with E-state index in [0.29, 0.717) is 10.5 Å². The van der Waals surface area contributed by atoms with E-state index in [1.807, 2.05) is 26.0 Å². The van der Waals surface area contributed by atoms with Gasteiger partial charge in [-0.3, -0.25) is 4.57 Å². The van der Waals surface area contributed by atoms with Crippen LogP contribution in [0.15, 0.2) is 56.5 Å². The Morgan fingerprint density at radius 3 is 2.30 bits per heavy atom. The number of benzene rings is 2. The third kappa shape index (κ3) is 6.68. The minimum atomic E-state index is -0.698. The van der Waals surface area contributed by atoms with Crippen LogP contribution in [0.25, 0.3) is 10.9 Å². The Morgan fingerprint density at radius 2 is 1.74 bits per heavy atom. The van der Waals surface area contributed by atoms with Gasteiger partial charge in [-0.15, -0.1) is 0 Å². The number of nitrogens with zero attached hydrogens (tertiary/aromatic N) is 1. The van der Waals surface area contributed by atoms with Gasteiger partial charge in [-0.25, -0.2) is 9.59 Å². The van der Waals surface area contributed by atoms with Crippen LogP contribution < -0.4 is 16.1 Å². The van der Waals surface area contributed by atoms with E-state index in [0.717, 1.165) is 11.3 Å². The van der Waals surface area contributed by atoms with Gasteiger partial charge >= 0.3 is 49.3 Å². The van der Waals surface area contributed by atoms with Crippen LogP contribution in [0.5, 0.6) is 5.75 Å². The quantitative estimate of drug-likeness (QED) is 0.553. The molecule has 0 spiro atoms. The number of hydrogen-bond donors (Lipinski definition) is 0. The topological polar surface area (TPSA) is 61.4 Å². The standard InChI is InChI=1S/C16H12ClNO4.C2H6.CH2.ClH.Y/c1-21-12-5-2-10(3-6-12)9-18-14-7-4-11(17)8-13(14)15(19)22-16(18)20;1-2;;;/h2-8H,9H2,1H3;1-2H3;1H2;1H;/q;;;;+1/p-1. The van der Waals surface area contributed by atoms with E-state index in [9.17, 15) is 9.59 Å². The fourth-order valence-electron chi connectivity index (χ4n) is 2.26. The van der Waals surface area contributed by atoms with Crippen LogP contribution in [-0.4, -0.2) is 15.0 Å². The Hall–Kier alpha value is -1.27. The Morgan fingerprint density at radius 1 is 1.15 bits per heavy atom. The van der Waals surface area contributed by atoms with Crippen molar-refractivity contribution in [1.29, 1.82) is 0 Å². The van der Waals surface area contributed by atoms with E-state index in [2.05, 4.69) is 3.31 Å². The number of halogens is 2. The molecular weight excluding hydrogens is 466 g/mol. The summed E-state index contributed by atoms with van der Waals surface area (Å²) < 4.78 is 14.7. The summed E-state index contributed by atoms with van der Waals surface area (Å²) in [7, 11) is 6.66. The molecule has 3 rings (SSSR count). The summed E-state index contributed by atoms with van der Waals surface area (Å²) in [4.78, 5) is 23.8. The maximum absolute atomic E-state index is 12.0. The number of ether oxygens (including phenoxy) is 1. The van der Waals surface area contributed by atoms with Gasteiger partial charge in [0.05, 0.1) is 24.6 Å². The van der Waals surface area contributed by atoms with Gasteiger partial charge in [-0.1, -0.05) is 37.6 Å². The monoisotopic (exact) mass is 485 g/mol. The molecule has 0 aliphatic heterocycles. The van der Waals surface area contributed by atoms with Crippen LogP contribution >= 0.6 is 18.9 Å². The zero-order valence-corrected chi connectivity index (χ0v) is 19.7. The molecular formula is C19H20Cl2NO4Y. The van der Waals surface area contributed by atoms with E-state index < -0.39 is 38.7 Å². The molecule has 0 bridgehead atoms. The molecule has 0 saturated carbocycles. The van der Waals surface area contributed by atoms with Crippen molar-refractivity contribution in [2.45, 2.75) is 20.4 Å². The van der Waals surface area contributed by atoms with Crippen LogP contribution in [0.2, 0.25) is 5.02 Å². The van der Waals surface area contributed by atoms with Crippen LogP contribution in [0.1, 0.15) is 19.4 Å². The summed E-state index contributed by atoms with van der Waals surface area (Å²) >= 11 is 5.23. The first-order valence-corrected chi connectivity index (χ1v) is 14.2. The molecule has 0 aliphatic rings. The first-order valence-electron chi connectivity index (χ1n) is 8.17. The fraction of sp³-hybridized carbons (Fsp3) is 0.211. The van der Waals surface area contributed by atoms with Crippen LogP contribution in [0, 0.1) is 0 Å². The molecule has 0 atom stereocenters. The zero-order valence-electron chi connectivity index (χ0n) is 15.4. The van der Waals surface area contributed by atoms with Crippen molar-refractivity contribution in [3.05, 3.63) is 74.0 Å². The molecule has 0 amide bonds. The number of fused-ring (bicyclic) bond motifs is 1. The third-order valence-electron chi connectivity index (χ3n) is 3.37. The van der Waals surface area contributed by atoms with Gasteiger partial charge in [0.2, 0.25) is 0 Å². The van der Waals surface area contributed by atoms with Crippen molar-refractivity contribution in [1.82, 2.24) is 4.57 Å². The Labute approximate surface area is 180 Å². The van der Waals surface area contributed by atoms with E-state index in [-0.39, 0.29) is 11.9 Å². The summed E-state index contributed by atoms with van der Waals surface area (Å²) in [5.41, 5.74) is 0.683. The summed E-state index contributed by atoms with van der Waals surface area (Å²) in [5.74, 6) is 0.0305. The van der Waals surface area contributed by atoms with E-state index in [4.69, 9.17) is 28.1 Å². The average molecular weight is 486 g/mol. The zero-order chi connectivity index (χ0) is 20.4. The first kappa shape index (κ1) is 23.8. The molecule has 1 heterocycles. The Bertz CT molecular complexity index is 997. The molecule has 5 nitrogen and oxygen atoms in total. The molecule has 1 aromatic heterocycles. The second-order valence-electron chi connectivity index (χ2n) is 4.91. The molecule has 8 heteroatoms. The Kier molecular flexibility index (Phi) is 10.8. The van der Waals surface area contributed by atoms with Crippen molar-refractivity contribution in [2.24, 2.45) is 0 Å². The van der Waals surface area contributed by atoms with Gasteiger partial charge < -0.3 is 9.15 Å². The molecule has 0 saturated heterocycles. The van der Waals surface area contributed by atoms with Crippen LogP contribution in [-0.2, 0) is 33.9 Å². The first-order chi connectivity index (χ1) is 13.0. The second kappa shape index (κ2) is 12.2. The SMILES string of the molecule is CC.COc1ccc(Cn2c(=O)oc(=O)c3cc(Cl)ccc32)cc1.[CH2]=[Y][Cl]. The van der Waals surface area contributed by atoms with Gasteiger partial charge in [0.1, 0.15) is 5.75 Å². The number of methoxy groups -OCH3 is 1. The minimum absolute atomic E-state index is 0.278. The number of rotatable bonds is 3. The molecule has 0 fully saturated rings.